The summed E-state index contributed by atoms with van der Waals surface area (Å²) in [5, 5.41) is 15.3. The first kappa shape index (κ1) is 19.8. The number of rotatable bonds is 3. The molecule has 0 atom stereocenters. The quantitative estimate of drug-likeness (QED) is 0.435. The van der Waals surface area contributed by atoms with Gasteiger partial charge in [-0.1, -0.05) is 34.5 Å². The molecule has 1 aliphatic heterocycles. The van der Waals surface area contributed by atoms with Crippen LogP contribution in [0.4, 0.5) is 10.7 Å². The Morgan fingerprint density at radius 2 is 1.81 bits per heavy atom. The second-order valence-corrected chi connectivity index (χ2v) is 8.02. The van der Waals surface area contributed by atoms with E-state index >= 15 is 0 Å². The van der Waals surface area contributed by atoms with Gasteiger partial charge in [0, 0.05) is 37.3 Å². The molecule has 0 aliphatic carbocycles. The molecule has 1 aromatic carbocycles. The Morgan fingerprint density at radius 1 is 1.15 bits per heavy atom. The lowest BCUT2D eigenvalue weighted by Crippen LogP contribution is -2.51. The maximum Gasteiger partial charge on any atom is 0.324 e. The molecule has 2 heterocycles. The van der Waals surface area contributed by atoms with Crippen molar-refractivity contribution in [2.75, 3.05) is 31.5 Å². The van der Waals surface area contributed by atoms with Crippen molar-refractivity contribution in [2.24, 2.45) is 0 Å². The molecule has 0 radical (unpaired) electrons. The van der Waals surface area contributed by atoms with Gasteiger partial charge in [-0.3, -0.25) is 14.9 Å². The summed E-state index contributed by atoms with van der Waals surface area (Å²) in [4.78, 5) is 26.8. The minimum atomic E-state index is -0.495. The average Bonchev–Trinajstić information content (AvgIpc) is 3.14. The van der Waals surface area contributed by atoms with Crippen molar-refractivity contribution in [3.63, 3.8) is 0 Å². The highest BCUT2D eigenvalue weighted by atomic mass is 35.5. The molecular weight excluding hydrogens is 431 g/mol. The number of thiocarbonyl (C=S) groups is 1. The van der Waals surface area contributed by atoms with Crippen molar-refractivity contribution < 1.29 is 9.72 Å². The number of nitro groups is 1. The molecule has 1 aromatic heterocycles. The van der Waals surface area contributed by atoms with Crippen LogP contribution in [-0.2, 0) is 0 Å². The van der Waals surface area contributed by atoms with Crippen LogP contribution in [0.1, 0.15) is 9.67 Å². The van der Waals surface area contributed by atoms with Crippen LogP contribution in [-0.4, -0.2) is 51.9 Å². The topological polar surface area (TPSA) is 78.7 Å². The molecule has 1 N–H and O–H groups in total. The number of hydrogen-bond donors (Lipinski definition) is 1. The predicted octanol–water partition coefficient (Wildman–Crippen LogP) is 4.12. The molecule has 142 valence electrons. The summed E-state index contributed by atoms with van der Waals surface area (Å²) in [6.07, 6.45) is 0. The van der Waals surface area contributed by atoms with E-state index in [2.05, 4.69) is 5.32 Å². The third-order valence-corrected chi connectivity index (χ3v) is 5.94. The van der Waals surface area contributed by atoms with E-state index < -0.39 is 4.92 Å². The summed E-state index contributed by atoms with van der Waals surface area (Å²) in [7, 11) is 0. The number of anilines is 1. The maximum absolute atomic E-state index is 12.5. The van der Waals surface area contributed by atoms with Crippen molar-refractivity contribution >= 4 is 68.5 Å². The first-order valence-corrected chi connectivity index (χ1v) is 9.87. The largest absolute Gasteiger partial charge is 0.345 e. The summed E-state index contributed by atoms with van der Waals surface area (Å²) < 4.78 is 0. The number of halogens is 2. The molecule has 11 heteroatoms. The normalized spacial score (nSPS) is 14.1. The molecule has 1 fully saturated rings. The van der Waals surface area contributed by atoms with Gasteiger partial charge in [0.15, 0.2) is 5.11 Å². The van der Waals surface area contributed by atoms with E-state index in [1.54, 1.807) is 23.1 Å². The third kappa shape index (κ3) is 4.67. The van der Waals surface area contributed by atoms with Crippen LogP contribution in [0, 0.1) is 10.1 Å². The Kier molecular flexibility index (Phi) is 6.15. The summed E-state index contributed by atoms with van der Waals surface area (Å²) >= 11 is 18.3. The molecule has 0 saturated carbocycles. The second kappa shape index (κ2) is 8.39. The SMILES string of the molecule is O=C(c1ccc([N+](=O)[O-])s1)N1CCN(C(=S)Nc2ccc(Cl)cc2Cl)CC1. The van der Waals surface area contributed by atoms with E-state index in [0.717, 1.165) is 11.3 Å². The minimum Gasteiger partial charge on any atom is -0.345 e. The van der Waals surface area contributed by atoms with E-state index in [4.69, 9.17) is 35.4 Å². The highest BCUT2D eigenvalue weighted by Gasteiger charge is 2.25. The van der Waals surface area contributed by atoms with E-state index in [1.165, 1.54) is 12.1 Å². The van der Waals surface area contributed by atoms with Crippen molar-refractivity contribution in [3.8, 4) is 0 Å². The number of nitrogens with zero attached hydrogens (tertiary/aromatic N) is 3. The summed E-state index contributed by atoms with van der Waals surface area (Å²) in [6.45, 7) is 2.05. The molecule has 0 spiro atoms. The molecular formula is C16H14Cl2N4O3S2. The fourth-order valence-corrected chi connectivity index (χ4v) is 4.13. The number of hydrogen-bond acceptors (Lipinski definition) is 5. The monoisotopic (exact) mass is 444 g/mol. The zero-order valence-electron chi connectivity index (χ0n) is 13.9. The molecule has 7 nitrogen and oxygen atoms in total. The highest BCUT2D eigenvalue weighted by Crippen LogP contribution is 2.27. The number of carbonyl (C=O) groups excluding carboxylic acids is 1. The Bertz CT molecular complexity index is 898. The molecule has 1 saturated heterocycles. The molecule has 2 aromatic rings. The van der Waals surface area contributed by atoms with Gasteiger partial charge < -0.3 is 15.1 Å². The van der Waals surface area contributed by atoms with E-state index in [1.807, 2.05) is 4.90 Å². The minimum absolute atomic E-state index is 0.0396. The van der Waals surface area contributed by atoms with Gasteiger partial charge in [0.1, 0.15) is 0 Å². The van der Waals surface area contributed by atoms with Crippen molar-refractivity contribution in [3.05, 3.63) is 55.4 Å². The van der Waals surface area contributed by atoms with Crippen molar-refractivity contribution in [1.29, 1.82) is 0 Å². The fourth-order valence-electron chi connectivity index (χ4n) is 2.59. The summed E-state index contributed by atoms with van der Waals surface area (Å²) in [5.41, 5.74) is 0.662. The van der Waals surface area contributed by atoms with Crippen LogP contribution in [0.5, 0.6) is 0 Å². The number of nitrogens with one attached hydrogen (secondary N) is 1. The van der Waals surface area contributed by atoms with E-state index in [-0.39, 0.29) is 10.9 Å². The third-order valence-electron chi connectivity index (χ3n) is 4.01. The zero-order chi connectivity index (χ0) is 19.6. The molecule has 1 amide bonds. The van der Waals surface area contributed by atoms with Gasteiger partial charge in [-0.15, -0.1) is 0 Å². The van der Waals surface area contributed by atoms with Crippen LogP contribution < -0.4 is 5.32 Å². The predicted molar refractivity (Wildman–Crippen MR) is 111 cm³/mol. The molecule has 0 unspecified atom stereocenters. The number of thiophene rings is 1. The van der Waals surface area contributed by atoms with Gasteiger partial charge in [-0.05, 0) is 36.5 Å². The first-order valence-electron chi connectivity index (χ1n) is 7.89. The molecule has 1 aliphatic rings. The Balaban J connectivity index is 1.56. The van der Waals surface area contributed by atoms with E-state index in [0.29, 0.717) is 51.9 Å². The highest BCUT2D eigenvalue weighted by molar-refractivity contribution is 7.80. The lowest BCUT2D eigenvalue weighted by atomic mass is 10.3. The van der Waals surface area contributed by atoms with Crippen LogP contribution in [0.25, 0.3) is 0 Å². The standard InChI is InChI=1S/C16H14Cl2N4O3S2/c17-10-1-2-12(11(18)9-10)19-16(26)21-7-5-20(6-8-21)15(23)13-3-4-14(27-13)22(24)25/h1-4,9H,5-8H2,(H,19,26). The fraction of sp³-hybridized carbons (Fsp3) is 0.250. The molecule has 3 rings (SSSR count). The van der Waals surface area contributed by atoms with Gasteiger partial charge in [-0.25, -0.2) is 0 Å². The summed E-state index contributed by atoms with van der Waals surface area (Å²) in [6, 6.07) is 7.94. The van der Waals surface area contributed by atoms with Gasteiger partial charge in [0.05, 0.1) is 20.5 Å². The van der Waals surface area contributed by atoms with Crippen LogP contribution in [0.2, 0.25) is 10.0 Å². The first-order chi connectivity index (χ1) is 12.8. The Hall–Kier alpha value is -1.94. The Labute approximate surface area is 174 Å². The van der Waals surface area contributed by atoms with Crippen LogP contribution in [0.3, 0.4) is 0 Å². The lowest BCUT2D eigenvalue weighted by Gasteiger charge is -2.36. The molecule has 27 heavy (non-hydrogen) atoms. The second-order valence-electron chi connectivity index (χ2n) is 5.73. The number of amides is 1. The van der Waals surface area contributed by atoms with Gasteiger partial charge >= 0.3 is 5.00 Å². The Morgan fingerprint density at radius 3 is 2.41 bits per heavy atom. The smallest absolute Gasteiger partial charge is 0.324 e. The lowest BCUT2D eigenvalue weighted by molar-refractivity contribution is -0.380. The maximum atomic E-state index is 12.5. The van der Waals surface area contributed by atoms with Crippen LogP contribution in [0.15, 0.2) is 30.3 Å². The summed E-state index contributed by atoms with van der Waals surface area (Å²) in [5.74, 6) is -0.202. The average molecular weight is 445 g/mol. The zero-order valence-corrected chi connectivity index (χ0v) is 17.0. The van der Waals surface area contributed by atoms with Crippen LogP contribution >= 0.6 is 46.8 Å². The number of benzene rings is 1. The van der Waals surface area contributed by atoms with Gasteiger partial charge in [-0.2, -0.15) is 0 Å². The van der Waals surface area contributed by atoms with Gasteiger partial charge in [0.2, 0.25) is 0 Å². The number of piperazine rings is 1. The molecule has 0 bridgehead atoms. The van der Waals surface area contributed by atoms with E-state index in [9.17, 15) is 14.9 Å². The van der Waals surface area contributed by atoms with Crippen molar-refractivity contribution in [2.45, 2.75) is 0 Å². The van der Waals surface area contributed by atoms with Crippen molar-refractivity contribution in [1.82, 2.24) is 9.80 Å². The van der Waals surface area contributed by atoms with Gasteiger partial charge in [0.25, 0.3) is 5.91 Å². The number of carbonyl (C=O) groups is 1.